The van der Waals surface area contributed by atoms with Crippen LogP contribution in [-0.4, -0.2) is 55.5 Å². The number of hydrogen-bond donors (Lipinski definition) is 3. The van der Waals surface area contributed by atoms with Crippen LogP contribution in [0, 0.1) is 5.92 Å². The Bertz CT molecular complexity index is 946. The zero-order valence-corrected chi connectivity index (χ0v) is 16.9. The number of amides is 2. The Labute approximate surface area is 179 Å². The fourth-order valence-corrected chi connectivity index (χ4v) is 4.23. The Morgan fingerprint density at radius 1 is 1.00 bits per heavy atom. The average molecular weight is 424 g/mol. The van der Waals surface area contributed by atoms with Crippen molar-refractivity contribution in [2.75, 3.05) is 26.3 Å². The van der Waals surface area contributed by atoms with Gasteiger partial charge in [0.2, 0.25) is 5.91 Å². The van der Waals surface area contributed by atoms with E-state index in [4.69, 9.17) is 14.6 Å². The number of carboxylic acid groups (broad SMARTS) is 1. The fourth-order valence-electron chi connectivity index (χ4n) is 4.23. The van der Waals surface area contributed by atoms with Crippen molar-refractivity contribution in [2.24, 2.45) is 5.92 Å². The molecule has 3 N–H and O–H groups in total. The Morgan fingerprint density at radius 3 is 2.29 bits per heavy atom. The standard InChI is InChI=1S/C23H24N2O6/c26-20(24-11-14-9-10-30-21(14)22(27)28)12-25-23(29)31-13-19-17-7-3-1-5-15(17)16-6-2-4-8-18(16)19/h1-8,14,19,21H,9-13H2,(H,24,26)(H,25,29)(H,27,28)/t14-,21-/m1/s1. The van der Waals surface area contributed by atoms with Gasteiger partial charge in [0, 0.05) is 25.0 Å². The summed E-state index contributed by atoms with van der Waals surface area (Å²) in [5.41, 5.74) is 4.51. The average Bonchev–Trinajstić information content (AvgIpc) is 3.38. The minimum absolute atomic E-state index is 0.0534. The molecule has 2 aliphatic rings. The van der Waals surface area contributed by atoms with E-state index < -0.39 is 24.1 Å². The molecular weight excluding hydrogens is 400 g/mol. The molecule has 2 aromatic rings. The molecule has 0 bridgehead atoms. The van der Waals surface area contributed by atoms with E-state index in [0.717, 1.165) is 22.3 Å². The number of alkyl carbamates (subject to hydrolysis) is 1. The molecule has 8 heteroatoms. The van der Waals surface area contributed by atoms with Crippen molar-refractivity contribution < 1.29 is 29.0 Å². The van der Waals surface area contributed by atoms with Gasteiger partial charge in [-0.05, 0) is 28.7 Å². The van der Waals surface area contributed by atoms with Gasteiger partial charge >= 0.3 is 12.1 Å². The van der Waals surface area contributed by atoms with E-state index in [1.54, 1.807) is 0 Å². The molecule has 0 saturated carbocycles. The van der Waals surface area contributed by atoms with Crippen molar-refractivity contribution >= 4 is 18.0 Å². The summed E-state index contributed by atoms with van der Waals surface area (Å²) in [4.78, 5) is 35.2. The molecule has 1 aliphatic carbocycles. The first kappa shape index (κ1) is 20.9. The Kier molecular flexibility index (Phi) is 6.18. The number of rotatable bonds is 7. The van der Waals surface area contributed by atoms with Crippen LogP contribution >= 0.6 is 0 Å². The molecule has 162 valence electrons. The number of carboxylic acids is 1. The van der Waals surface area contributed by atoms with Crippen LogP contribution in [0.25, 0.3) is 11.1 Å². The third kappa shape index (κ3) is 4.54. The lowest BCUT2D eigenvalue weighted by molar-refractivity contribution is -0.149. The number of fused-ring (bicyclic) bond motifs is 3. The largest absolute Gasteiger partial charge is 0.479 e. The lowest BCUT2D eigenvalue weighted by Crippen LogP contribution is -2.41. The molecule has 2 amide bonds. The van der Waals surface area contributed by atoms with E-state index in [0.29, 0.717) is 13.0 Å². The third-order valence-electron chi connectivity index (χ3n) is 5.76. The predicted molar refractivity (Wildman–Crippen MR) is 112 cm³/mol. The van der Waals surface area contributed by atoms with Crippen LogP contribution in [0.5, 0.6) is 0 Å². The van der Waals surface area contributed by atoms with Gasteiger partial charge in [0.15, 0.2) is 6.10 Å². The van der Waals surface area contributed by atoms with Crippen LogP contribution in [0.1, 0.15) is 23.5 Å². The van der Waals surface area contributed by atoms with Gasteiger partial charge in [-0.2, -0.15) is 0 Å². The highest BCUT2D eigenvalue weighted by atomic mass is 16.5. The number of nitrogens with one attached hydrogen (secondary N) is 2. The predicted octanol–water partition coefficient (Wildman–Crippen LogP) is 2.13. The fraction of sp³-hybridized carbons (Fsp3) is 0.348. The lowest BCUT2D eigenvalue weighted by atomic mass is 9.98. The topological polar surface area (TPSA) is 114 Å². The first-order valence-corrected chi connectivity index (χ1v) is 10.2. The summed E-state index contributed by atoms with van der Waals surface area (Å²) in [5, 5.41) is 14.2. The maximum absolute atomic E-state index is 12.1. The van der Waals surface area contributed by atoms with Crippen molar-refractivity contribution in [3.8, 4) is 11.1 Å². The van der Waals surface area contributed by atoms with Gasteiger partial charge in [0.25, 0.3) is 0 Å². The Hall–Kier alpha value is -3.39. The number of benzene rings is 2. The van der Waals surface area contributed by atoms with E-state index >= 15 is 0 Å². The second kappa shape index (κ2) is 9.18. The summed E-state index contributed by atoms with van der Waals surface area (Å²) in [7, 11) is 0. The van der Waals surface area contributed by atoms with Crippen molar-refractivity contribution in [2.45, 2.75) is 18.4 Å². The van der Waals surface area contributed by atoms with E-state index in [9.17, 15) is 14.4 Å². The second-order valence-corrected chi connectivity index (χ2v) is 7.66. The van der Waals surface area contributed by atoms with Gasteiger partial charge in [-0.3, -0.25) is 4.79 Å². The molecule has 31 heavy (non-hydrogen) atoms. The molecule has 1 saturated heterocycles. The van der Waals surface area contributed by atoms with Crippen LogP contribution in [0.2, 0.25) is 0 Å². The molecule has 0 aromatic heterocycles. The highest BCUT2D eigenvalue weighted by Crippen LogP contribution is 2.44. The van der Waals surface area contributed by atoms with Crippen LogP contribution in [0.4, 0.5) is 4.79 Å². The highest BCUT2D eigenvalue weighted by molar-refractivity contribution is 5.82. The van der Waals surface area contributed by atoms with Gasteiger partial charge in [-0.25, -0.2) is 9.59 Å². The molecule has 2 aromatic carbocycles. The van der Waals surface area contributed by atoms with Gasteiger partial charge in [0.05, 0.1) is 6.54 Å². The summed E-state index contributed by atoms with van der Waals surface area (Å²) < 4.78 is 10.5. The zero-order valence-electron chi connectivity index (χ0n) is 16.9. The normalized spacial score (nSPS) is 19.4. The number of hydrogen-bond acceptors (Lipinski definition) is 5. The van der Waals surface area contributed by atoms with Crippen molar-refractivity contribution in [1.29, 1.82) is 0 Å². The van der Waals surface area contributed by atoms with E-state index in [2.05, 4.69) is 22.8 Å². The van der Waals surface area contributed by atoms with E-state index in [1.165, 1.54) is 0 Å². The van der Waals surface area contributed by atoms with Crippen LogP contribution in [-0.2, 0) is 19.1 Å². The van der Waals surface area contributed by atoms with Gasteiger partial charge < -0.3 is 25.2 Å². The molecule has 8 nitrogen and oxygen atoms in total. The lowest BCUT2D eigenvalue weighted by Gasteiger charge is -2.16. The van der Waals surface area contributed by atoms with Gasteiger partial charge in [-0.15, -0.1) is 0 Å². The molecule has 1 aliphatic heterocycles. The third-order valence-corrected chi connectivity index (χ3v) is 5.76. The minimum atomic E-state index is -1.03. The van der Waals surface area contributed by atoms with E-state index in [-0.39, 0.29) is 31.5 Å². The van der Waals surface area contributed by atoms with Gasteiger partial charge in [-0.1, -0.05) is 48.5 Å². The number of ether oxygens (including phenoxy) is 2. The smallest absolute Gasteiger partial charge is 0.407 e. The Morgan fingerprint density at radius 2 is 1.65 bits per heavy atom. The van der Waals surface area contributed by atoms with Crippen LogP contribution in [0.3, 0.4) is 0 Å². The first-order chi connectivity index (χ1) is 15.0. The zero-order chi connectivity index (χ0) is 21.8. The summed E-state index contributed by atoms with van der Waals surface area (Å²) in [6, 6.07) is 16.1. The summed E-state index contributed by atoms with van der Waals surface area (Å²) in [6.45, 7) is 0.459. The van der Waals surface area contributed by atoms with E-state index in [1.807, 2.05) is 36.4 Å². The first-order valence-electron chi connectivity index (χ1n) is 10.2. The van der Waals surface area contributed by atoms with Gasteiger partial charge in [0.1, 0.15) is 6.61 Å². The summed E-state index contributed by atoms with van der Waals surface area (Å²) in [5.74, 6) is -1.78. The van der Waals surface area contributed by atoms with Crippen molar-refractivity contribution in [3.05, 3.63) is 59.7 Å². The second-order valence-electron chi connectivity index (χ2n) is 7.66. The molecule has 0 unspecified atom stereocenters. The molecule has 0 spiro atoms. The Balaban J connectivity index is 1.25. The molecule has 2 atom stereocenters. The molecular formula is C23H24N2O6. The molecule has 0 radical (unpaired) electrons. The quantitative estimate of drug-likeness (QED) is 0.628. The highest BCUT2D eigenvalue weighted by Gasteiger charge is 2.34. The van der Waals surface area contributed by atoms with Crippen LogP contribution < -0.4 is 10.6 Å². The van der Waals surface area contributed by atoms with Crippen molar-refractivity contribution in [1.82, 2.24) is 10.6 Å². The number of carbonyl (C=O) groups excluding carboxylic acids is 2. The maximum atomic E-state index is 12.1. The molecule has 1 heterocycles. The number of aliphatic carboxylic acids is 1. The minimum Gasteiger partial charge on any atom is -0.479 e. The molecule has 4 rings (SSSR count). The number of carbonyl (C=O) groups is 3. The monoisotopic (exact) mass is 424 g/mol. The van der Waals surface area contributed by atoms with Crippen LogP contribution in [0.15, 0.2) is 48.5 Å². The SMILES string of the molecule is O=C(CNC(=O)OCC1c2ccccc2-c2ccccc21)NC[C@H]1CCO[C@H]1C(=O)O. The molecule has 1 fully saturated rings. The maximum Gasteiger partial charge on any atom is 0.407 e. The summed E-state index contributed by atoms with van der Waals surface area (Å²) in [6.07, 6.45) is -1.02. The van der Waals surface area contributed by atoms with Crippen molar-refractivity contribution in [3.63, 3.8) is 0 Å². The summed E-state index contributed by atoms with van der Waals surface area (Å²) >= 11 is 0.